The average molecular weight is 416 g/mol. The zero-order valence-electron chi connectivity index (χ0n) is 17.6. The highest BCUT2D eigenvalue weighted by molar-refractivity contribution is 6.04. The number of pyridine rings is 1. The summed E-state index contributed by atoms with van der Waals surface area (Å²) in [6, 6.07) is 13.8. The van der Waals surface area contributed by atoms with Crippen LogP contribution < -0.4 is 19.9 Å². The summed E-state index contributed by atoms with van der Waals surface area (Å²) in [7, 11) is 1.53. The van der Waals surface area contributed by atoms with Crippen LogP contribution >= 0.6 is 0 Å². The summed E-state index contributed by atoms with van der Waals surface area (Å²) in [5.74, 6) is 1.48. The maximum Gasteiger partial charge on any atom is 0.329 e. The third-order valence-electron chi connectivity index (χ3n) is 5.80. The van der Waals surface area contributed by atoms with Crippen LogP contribution in [-0.4, -0.2) is 47.2 Å². The third kappa shape index (κ3) is 3.65. The number of carbonyl (C=O) groups is 1. The smallest absolute Gasteiger partial charge is 0.329 e. The van der Waals surface area contributed by atoms with Crippen molar-refractivity contribution < 1.29 is 9.53 Å². The lowest BCUT2D eigenvalue weighted by Gasteiger charge is -2.45. The first-order chi connectivity index (χ1) is 15.1. The number of methoxy groups -OCH3 is 1. The minimum Gasteiger partial charge on any atom is -0.481 e. The Hall–Kier alpha value is -3.68. The third-order valence-corrected chi connectivity index (χ3v) is 5.80. The van der Waals surface area contributed by atoms with Crippen molar-refractivity contribution in [2.24, 2.45) is 0 Å². The summed E-state index contributed by atoms with van der Waals surface area (Å²) in [4.78, 5) is 30.6. The monoisotopic (exact) mass is 416 g/mol. The van der Waals surface area contributed by atoms with E-state index in [1.165, 1.54) is 19.0 Å². The van der Waals surface area contributed by atoms with E-state index in [-0.39, 0.29) is 12.1 Å². The summed E-state index contributed by atoms with van der Waals surface area (Å²) >= 11 is 0. The topological polar surface area (TPSA) is 83.5 Å². The molecule has 31 heavy (non-hydrogen) atoms. The second-order valence-electron chi connectivity index (χ2n) is 7.90. The molecule has 8 heteroatoms. The average Bonchev–Trinajstić information content (AvgIpc) is 2.79. The van der Waals surface area contributed by atoms with E-state index in [1.807, 2.05) is 18.2 Å². The Balaban J connectivity index is 1.53. The SMILES string of the molecule is COc1cc(NC(=O)N2c3nc(-c4cccc(C)c4)ccc3N3CCC[C@@H]2C3)ncn1. The fraction of sp³-hybridized carbons (Fsp3) is 0.304. The van der Waals surface area contributed by atoms with Gasteiger partial charge in [0.05, 0.1) is 24.5 Å². The number of fused-ring (bicyclic) bond motifs is 4. The number of carbonyl (C=O) groups excluding carboxylic acids is 1. The quantitative estimate of drug-likeness (QED) is 0.698. The van der Waals surface area contributed by atoms with Crippen molar-refractivity contribution in [3.63, 3.8) is 0 Å². The van der Waals surface area contributed by atoms with Crippen LogP contribution in [0, 0.1) is 6.92 Å². The van der Waals surface area contributed by atoms with Gasteiger partial charge in [-0.05, 0) is 38.0 Å². The molecule has 8 nitrogen and oxygen atoms in total. The minimum absolute atomic E-state index is 0.0604. The molecule has 0 spiro atoms. The standard InChI is InChI=1S/C23H24N6O2/c1-15-5-3-6-16(11-15)18-8-9-19-22(26-18)29(17-7-4-10-28(19)13-17)23(30)27-20-12-21(31-2)25-14-24-20/h3,5-6,8-9,11-12,14,17H,4,7,10,13H2,1-2H3,(H,24,25,27,30)/t17-/m1/s1. The lowest BCUT2D eigenvalue weighted by Crippen LogP contribution is -2.56. The molecule has 1 fully saturated rings. The maximum atomic E-state index is 13.4. The van der Waals surface area contributed by atoms with Crippen molar-refractivity contribution in [2.45, 2.75) is 25.8 Å². The molecule has 1 N–H and O–H groups in total. The molecule has 2 bridgehead atoms. The van der Waals surface area contributed by atoms with Gasteiger partial charge >= 0.3 is 6.03 Å². The molecule has 0 aliphatic carbocycles. The second kappa shape index (κ2) is 7.86. The number of benzene rings is 1. The number of ether oxygens (including phenoxy) is 1. The lowest BCUT2D eigenvalue weighted by molar-refractivity contribution is 0.252. The predicted molar refractivity (Wildman–Crippen MR) is 120 cm³/mol. The maximum absolute atomic E-state index is 13.4. The van der Waals surface area contributed by atoms with Gasteiger partial charge in [-0.1, -0.05) is 23.8 Å². The number of amides is 2. The molecule has 5 rings (SSSR count). The van der Waals surface area contributed by atoms with E-state index in [0.29, 0.717) is 17.5 Å². The van der Waals surface area contributed by atoms with Crippen molar-refractivity contribution in [2.75, 3.05) is 35.3 Å². The first kappa shape index (κ1) is 19.3. The summed E-state index contributed by atoms with van der Waals surface area (Å²) in [6.45, 7) is 3.85. The van der Waals surface area contributed by atoms with Gasteiger partial charge < -0.3 is 9.64 Å². The Kier molecular flexibility index (Phi) is 4.89. The molecule has 1 aromatic carbocycles. The zero-order valence-corrected chi connectivity index (χ0v) is 17.6. The number of aromatic nitrogens is 3. The summed E-state index contributed by atoms with van der Waals surface area (Å²) in [6.07, 6.45) is 3.34. The molecule has 4 heterocycles. The van der Waals surface area contributed by atoms with Crippen LogP contribution in [0.4, 0.5) is 22.1 Å². The fourth-order valence-electron chi connectivity index (χ4n) is 4.34. The Morgan fingerprint density at radius 1 is 1.19 bits per heavy atom. The van der Waals surface area contributed by atoms with E-state index in [4.69, 9.17) is 9.72 Å². The minimum atomic E-state index is -0.248. The highest BCUT2D eigenvalue weighted by Crippen LogP contribution is 2.39. The number of hydrogen-bond acceptors (Lipinski definition) is 6. The molecule has 2 aromatic heterocycles. The Labute approximate surface area is 180 Å². The van der Waals surface area contributed by atoms with Crippen LogP contribution in [0.5, 0.6) is 5.88 Å². The Morgan fingerprint density at radius 2 is 2.10 bits per heavy atom. The number of hydrogen-bond donors (Lipinski definition) is 1. The zero-order chi connectivity index (χ0) is 21.4. The van der Waals surface area contributed by atoms with Crippen molar-refractivity contribution in [3.05, 3.63) is 54.4 Å². The van der Waals surface area contributed by atoms with E-state index in [1.54, 1.807) is 11.0 Å². The Bertz CT molecular complexity index is 1130. The highest BCUT2D eigenvalue weighted by atomic mass is 16.5. The Morgan fingerprint density at radius 3 is 2.94 bits per heavy atom. The van der Waals surface area contributed by atoms with Crippen LogP contribution in [0.25, 0.3) is 11.3 Å². The molecule has 3 aromatic rings. The van der Waals surface area contributed by atoms with Crippen LogP contribution in [-0.2, 0) is 0 Å². The first-order valence-corrected chi connectivity index (χ1v) is 10.4. The molecule has 158 valence electrons. The second-order valence-corrected chi connectivity index (χ2v) is 7.90. The fourth-order valence-corrected chi connectivity index (χ4v) is 4.34. The largest absolute Gasteiger partial charge is 0.481 e. The first-order valence-electron chi connectivity index (χ1n) is 10.4. The van der Waals surface area contributed by atoms with Gasteiger partial charge in [0.1, 0.15) is 12.1 Å². The van der Waals surface area contributed by atoms with Gasteiger partial charge in [0.25, 0.3) is 0 Å². The number of urea groups is 1. The van der Waals surface area contributed by atoms with E-state index < -0.39 is 0 Å². The normalized spacial score (nSPS) is 17.2. The predicted octanol–water partition coefficient (Wildman–Crippen LogP) is 3.88. The molecule has 1 saturated heterocycles. The number of aryl methyl sites for hydroxylation is 1. The highest BCUT2D eigenvalue weighted by Gasteiger charge is 2.38. The van der Waals surface area contributed by atoms with Gasteiger partial charge in [-0.15, -0.1) is 0 Å². The van der Waals surface area contributed by atoms with Crippen LogP contribution in [0.1, 0.15) is 18.4 Å². The number of rotatable bonds is 3. The molecule has 2 amide bonds. The van der Waals surface area contributed by atoms with Gasteiger partial charge in [-0.2, -0.15) is 0 Å². The summed E-state index contributed by atoms with van der Waals surface area (Å²) in [5.41, 5.74) is 4.05. The molecule has 2 aliphatic rings. The van der Waals surface area contributed by atoms with Gasteiger partial charge in [0.2, 0.25) is 5.88 Å². The van der Waals surface area contributed by atoms with E-state index in [2.05, 4.69) is 45.3 Å². The number of anilines is 3. The summed E-state index contributed by atoms with van der Waals surface area (Å²) in [5, 5.41) is 2.90. The van der Waals surface area contributed by atoms with E-state index >= 15 is 0 Å². The van der Waals surface area contributed by atoms with Crippen LogP contribution in [0.3, 0.4) is 0 Å². The molecular weight excluding hydrogens is 392 g/mol. The van der Waals surface area contributed by atoms with Gasteiger partial charge in [-0.3, -0.25) is 10.2 Å². The number of nitrogens with one attached hydrogen (secondary N) is 1. The molecule has 2 aliphatic heterocycles. The van der Waals surface area contributed by atoms with Crippen LogP contribution in [0.2, 0.25) is 0 Å². The lowest BCUT2D eigenvalue weighted by atomic mass is 9.99. The summed E-state index contributed by atoms with van der Waals surface area (Å²) < 4.78 is 5.14. The van der Waals surface area contributed by atoms with Crippen molar-refractivity contribution in [1.29, 1.82) is 0 Å². The van der Waals surface area contributed by atoms with Crippen LogP contribution in [0.15, 0.2) is 48.8 Å². The van der Waals surface area contributed by atoms with Gasteiger partial charge in [-0.25, -0.2) is 19.7 Å². The molecule has 1 atom stereocenters. The van der Waals surface area contributed by atoms with Crippen molar-refractivity contribution in [1.82, 2.24) is 15.0 Å². The molecular formula is C23H24N6O2. The van der Waals surface area contributed by atoms with Crippen molar-refractivity contribution >= 4 is 23.4 Å². The number of nitrogens with zero attached hydrogens (tertiary/aromatic N) is 5. The van der Waals surface area contributed by atoms with E-state index in [9.17, 15) is 4.79 Å². The molecule has 0 unspecified atom stereocenters. The van der Waals surface area contributed by atoms with Crippen molar-refractivity contribution in [3.8, 4) is 17.1 Å². The molecule has 0 saturated carbocycles. The van der Waals surface area contributed by atoms with Gasteiger partial charge in [0.15, 0.2) is 5.82 Å². The number of piperidine rings is 1. The molecule has 0 radical (unpaired) electrons. The van der Waals surface area contributed by atoms with Gasteiger partial charge in [0, 0.05) is 24.7 Å². The van der Waals surface area contributed by atoms with E-state index in [0.717, 1.165) is 42.9 Å².